The molecule has 178 valence electrons. The van der Waals surface area contributed by atoms with E-state index < -0.39 is 0 Å². The fraction of sp³-hybridized carbons (Fsp3) is 0.0714. The van der Waals surface area contributed by atoms with E-state index in [9.17, 15) is 4.79 Å². The van der Waals surface area contributed by atoms with E-state index in [-0.39, 0.29) is 11.0 Å². The molecule has 36 heavy (non-hydrogen) atoms. The van der Waals surface area contributed by atoms with Crippen LogP contribution in [0.4, 0.5) is 5.69 Å². The molecule has 0 atom stereocenters. The first-order valence-electron chi connectivity index (χ1n) is 11.4. The number of carbonyl (C=O) groups excluding carboxylic acids is 1. The Labute approximate surface area is 213 Å². The normalized spacial score (nSPS) is 10.7. The number of aromatic nitrogens is 3. The third-order valence-electron chi connectivity index (χ3n) is 5.47. The summed E-state index contributed by atoms with van der Waals surface area (Å²) in [6.45, 7) is 2.45. The van der Waals surface area contributed by atoms with Crippen molar-refractivity contribution >= 4 is 40.0 Å². The zero-order chi connectivity index (χ0) is 24.9. The lowest BCUT2D eigenvalue weighted by molar-refractivity contribution is 0.0977. The first kappa shape index (κ1) is 23.2. The molecule has 0 spiro atoms. The largest absolute Gasteiger partial charge is 0.489 e. The first-order chi connectivity index (χ1) is 17.5. The Morgan fingerprint density at radius 3 is 2.47 bits per heavy atom. The number of hydrogen-bond donors (Lipinski definition) is 2. The van der Waals surface area contributed by atoms with E-state index in [2.05, 4.69) is 20.8 Å². The van der Waals surface area contributed by atoms with E-state index >= 15 is 0 Å². The molecule has 5 aromatic rings. The Morgan fingerprint density at radius 2 is 1.67 bits per heavy atom. The van der Waals surface area contributed by atoms with Crippen LogP contribution >= 0.6 is 12.2 Å². The van der Waals surface area contributed by atoms with Crippen LogP contribution in [-0.2, 0) is 6.61 Å². The lowest BCUT2D eigenvalue weighted by Crippen LogP contribution is -2.34. The third-order valence-corrected chi connectivity index (χ3v) is 5.68. The van der Waals surface area contributed by atoms with Crippen molar-refractivity contribution in [2.45, 2.75) is 13.5 Å². The summed E-state index contributed by atoms with van der Waals surface area (Å²) in [7, 11) is 0. The molecule has 5 rings (SSSR count). The number of carbonyl (C=O) groups is 1. The Balaban J connectivity index is 1.22. The monoisotopic (exact) mass is 493 g/mol. The Morgan fingerprint density at radius 1 is 0.889 bits per heavy atom. The van der Waals surface area contributed by atoms with Gasteiger partial charge in [0, 0.05) is 11.3 Å². The SMILES string of the molecule is Cc1ccc(-n2nc3ccc(NC(=S)NC(=O)c4cccc(OCc5ccccc5)c4)cc3n2)cc1. The standard InChI is InChI=1S/C28H23N5O2S/c1-19-10-13-23(14-11-19)33-31-25-15-12-22(17-26(25)32-33)29-28(36)30-27(34)21-8-5-9-24(16-21)35-18-20-6-3-2-4-7-20/h2-17H,18H2,1H3,(H2,29,30,34,36). The molecule has 0 saturated carbocycles. The highest BCUT2D eigenvalue weighted by Crippen LogP contribution is 2.19. The van der Waals surface area contributed by atoms with Gasteiger partial charge in [0.1, 0.15) is 23.4 Å². The Bertz CT molecular complexity index is 1530. The number of anilines is 1. The first-order valence-corrected chi connectivity index (χ1v) is 11.8. The Hall–Kier alpha value is -4.56. The number of rotatable bonds is 6. The van der Waals surface area contributed by atoms with Gasteiger partial charge in [-0.05, 0) is 73.2 Å². The van der Waals surface area contributed by atoms with Crippen LogP contribution in [0.5, 0.6) is 5.75 Å². The van der Waals surface area contributed by atoms with Gasteiger partial charge in [0.15, 0.2) is 5.11 Å². The second-order valence-corrected chi connectivity index (χ2v) is 8.65. The molecule has 0 bridgehead atoms. The van der Waals surface area contributed by atoms with Crippen molar-refractivity contribution < 1.29 is 9.53 Å². The number of amides is 1. The number of nitrogens with zero attached hydrogens (tertiary/aromatic N) is 3. The topological polar surface area (TPSA) is 81.1 Å². The van der Waals surface area contributed by atoms with Crippen molar-refractivity contribution in [2.24, 2.45) is 0 Å². The molecule has 0 aliphatic rings. The fourth-order valence-corrected chi connectivity index (χ4v) is 3.80. The average Bonchev–Trinajstić information content (AvgIpc) is 3.32. The van der Waals surface area contributed by atoms with Crippen LogP contribution in [0.3, 0.4) is 0 Å². The van der Waals surface area contributed by atoms with Crippen LogP contribution < -0.4 is 15.4 Å². The molecule has 8 heteroatoms. The van der Waals surface area contributed by atoms with E-state index in [1.165, 1.54) is 5.56 Å². The predicted molar refractivity (Wildman–Crippen MR) is 145 cm³/mol. The van der Waals surface area contributed by atoms with Gasteiger partial charge in [-0.3, -0.25) is 10.1 Å². The lowest BCUT2D eigenvalue weighted by Gasteiger charge is -2.11. The number of nitrogens with one attached hydrogen (secondary N) is 2. The fourth-order valence-electron chi connectivity index (χ4n) is 3.59. The molecule has 1 heterocycles. The van der Waals surface area contributed by atoms with Crippen molar-refractivity contribution in [2.75, 3.05) is 5.32 Å². The van der Waals surface area contributed by atoms with Crippen molar-refractivity contribution in [3.05, 3.63) is 114 Å². The van der Waals surface area contributed by atoms with Gasteiger partial charge in [-0.25, -0.2) is 0 Å². The van der Waals surface area contributed by atoms with E-state index in [1.54, 1.807) is 23.0 Å². The summed E-state index contributed by atoms with van der Waals surface area (Å²) in [5.74, 6) is 0.275. The summed E-state index contributed by atoms with van der Waals surface area (Å²) in [6, 6.07) is 30.3. The molecule has 0 fully saturated rings. The number of hydrogen-bond acceptors (Lipinski definition) is 5. The smallest absolute Gasteiger partial charge is 0.257 e. The zero-order valence-electron chi connectivity index (χ0n) is 19.5. The second-order valence-electron chi connectivity index (χ2n) is 8.24. The molecule has 0 saturated heterocycles. The minimum atomic E-state index is -0.330. The third kappa shape index (κ3) is 5.56. The van der Waals surface area contributed by atoms with Gasteiger partial charge in [-0.15, -0.1) is 10.2 Å². The summed E-state index contributed by atoms with van der Waals surface area (Å²) in [5, 5.41) is 15.0. The van der Waals surface area contributed by atoms with E-state index in [1.807, 2.05) is 85.8 Å². The molecule has 0 aliphatic heterocycles. The average molecular weight is 494 g/mol. The summed E-state index contributed by atoms with van der Waals surface area (Å²) in [5.41, 5.74) is 5.70. The van der Waals surface area contributed by atoms with Crippen molar-refractivity contribution in [1.29, 1.82) is 0 Å². The second kappa shape index (κ2) is 10.4. The van der Waals surface area contributed by atoms with Gasteiger partial charge in [-0.2, -0.15) is 4.80 Å². The predicted octanol–water partition coefficient (Wildman–Crippen LogP) is 5.43. The van der Waals surface area contributed by atoms with Crippen LogP contribution in [-0.4, -0.2) is 26.0 Å². The van der Waals surface area contributed by atoms with E-state index in [4.69, 9.17) is 17.0 Å². The zero-order valence-corrected chi connectivity index (χ0v) is 20.3. The number of aryl methyl sites for hydroxylation is 1. The molecule has 0 unspecified atom stereocenters. The van der Waals surface area contributed by atoms with Crippen LogP contribution in [0, 0.1) is 6.92 Å². The summed E-state index contributed by atoms with van der Waals surface area (Å²) < 4.78 is 5.82. The van der Waals surface area contributed by atoms with Gasteiger partial charge in [-0.1, -0.05) is 54.1 Å². The van der Waals surface area contributed by atoms with Gasteiger partial charge in [0.25, 0.3) is 5.91 Å². The minimum absolute atomic E-state index is 0.181. The molecule has 2 N–H and O–H groups in total. The van der Waals surface area contributed by atoms with Crippen LogP contribution in [0.1, 0.15) is 21.5 Å². The quantitative estimate of drug-likeness (QED) is 0.307. The van der Waals surface area contributed by atoms with Crippen LogP contribution in [0.2, 0.25) is 0 Å². The number of fused-ring (bicyclic) bond motifs is 1. The van der Waals surface area contributed by atoms with Crippen molar-refractivity contribution in [3.63, 3.8) is 0 Å². The molecule has 7 nitrogen and oxygen atoms in total. The van der Waals surface area contributed by atoms with Gasteiger partial charge in [0.2, 0.25) is 0 Å². The van der Waals surface area contributed by atoms with Crippen LogP contribution in [0.15, 0.2) is 97.1 Å². The number of thiocarbonyl (C=S) groups is 1. The molecular formula is C28H23N5O2S. The summed E-state index contributed by atoms with van der Waals surface area (Å²) in [4.78, 5) is 14.3. The van der Waals surface area contributed by atoms with Gasteiger partial charge < -0.3 is 10.1 Å². The molecule has 4 aromatic carbocycles. The minimum Gasteiger partial charge on any atom is -0.489 e. The highest BCUT2D eigenvalue weighted by molar-refractivity contribution is 7.80. The maximum Gasteiger partial charge on any atom is 0.257 e. The summed E-state index contributed by atoms with van der Waals surface area (Å²) in [6.07, 6.45) is 0. The molecule has 0 aliphatic carbocycles. The maximum absolute atomic E-state index is 12.7. The van der Waals surface area contributed by atoms with E-state index in [0.717, 1.165) is 16.8 Å². The molecular weight excluding hydrogens is 470 g/mol. The highest BCUT2D eigenvalue weighted by atomic mass is 32.1. The van der Waals surface area contributed by atoms with E-state index in [0.29, 0.717) is 29.1 Å². The number of benzene rings is 4. The number of ether oxygens (including phenoxy) is 1. The molecule has 1 aromatic heterocycles. The molecule has 0 radical (unpaired) electrons. The van der Waals surface area contributed by atoms with Crippen LogP contribution in [0.25, 0.3) is 16.7 Å². The summed E-state index contributed by atoms with van der Waals surface area (Å²) >= 11 is 5.36. The Kier molecular flexibility index (Phi) is 6.68. The van der Waals surface area contributed by atoms with Gasteiger partial charge >= 0.3 is 0 Å². The highest BCUT2D eigenvalue weighted by Gasteiger charge is 2.11. The van der Waals surface area contributed by atoms with Gasteiger partial charge in [0.05, 0.1) is 5.69 Å². The molecule has 1 amide bonds. The maximum atomic E-state index is 12.7. The van der Waals surface area contributed by atoms with Crippen molar-refractivity contribution in [1.82, 2.24) is 20.3 Å². The lowest BCUT2D eigenvalue weighted by atomic mass is 10.2. The van der Waals surface area contributed by atoms with Crippen molar-refractivity contribution in [3.8, 4) is 11.4 Å².